The maximum absolute atomic E-state index is 11.5. The van der Waals surface area contributed by atoms with Crippen molar-refractivity contribution in [2.24, 2.45) is 0 Å². The molecule has 4 heteroatoms. The summed E-state index contributed by atoms with van der Waals surface area (Å²) in [5.74, 6) is 0. The second-order valence-electron chi connectivity index (χ2n) is 3.81. The summed E-state index contributed by atoms with van der Waals surface area (Å²) in [5, 5.41) is 3.36. The summed E-state index contributed by atoms with van der Waals surface area (Å²) in [6.45, 7) is 3.64. The van der Waals surface area contributed by atoms with Crippen LogP contribution in [-0.4, -0.2) is 22.1 Å². The Hall–Kier alpha value is -1.16. The standard InChI is InChI=1S/C10H15N3O/c1-8-5-10(14)13(7-12-8)6-9-3-2-4-11-9/h5,7,9,11H,2-4,6H2,1H3/t9-/m1/s1. The summed E-state index contributed by atoms with van der Waals surface area (Å²) in [6.07, 6.45) is 4.00. The van der Waals surface area contributed by atoms with Gasteiger partial charge < -0.3 is 5.32 Å². The summed E-state index contributed by atoms with van der Waals surface area (Å²) in [6, 6.07) is 2.02. The van der Waals surface area contributed by atoms with Crippen LogP contribution in [0.15, 0.2) is 17.2 Å². The highest BCUT2D eigenvalue weighted by atomic mass is 16.1. The van der Waals surface area contributed by atoms with E-state index in [1.54, 1.807) is 17.0 Å². The Labute approximate surface area is 83.0 Å². The molecule has 1 aliphatic heterocycles. The molecular weight excluding hydrogens is 178 g/mol. The van der Waals surface area contributed by atoms with Crippen LogP contribution >= 0.6 is 0 Å². The van der Waals surface area contributed by atoms with Gasteiger partial charge in [-0.2, -0.15) is 0 Å². The van der Waals surface area contributed by atoms with E-state index in [1.807, 2.05) is 6.92 Å². The highest BCUT2D eigenvalue weighted by Crippen LogP contribution is 2.05. The first-order chi connectivity index (χ1) is 6.75. The average Bonchev–Trinajstić information content (AvgIpc) is 2.62. The van der Waals surface area contributed by atoms with Crippen LogP contribution in [-0.2, 0) is 6.54 Å². The fourth-order valence-electron chi connectivity index (χ4n) is 1.80. The van der Waals surface area contributed by atoms with Crippen LogP contribution < -0.4 is 10.9 Å². The minimum atomic E-state index is 0.0474. The largest absolute Gasteiger partial charge is 0.312 e. The molecule has 0 spiro atoms. The molecule has 1 atom stereocenters. The van der Waals surface area contributed by atoms with Gasteiger partial charge >= 0.3 is 0 Å². The maximum atomic E-state index is 11.5. The lowest BCUT2D eigenvalue weighted by molar-refractivity contribution is 0.494. The summed E-state index contributed by atoms with van der Waals surface area (Å²) in [5.41, 5.74) is 0.830. The molecule has 0 saturated carbocycles. The lowest BCUT2D eigenvalue weighted by atomic mass is 10.2. The Morgan fingerprint density at radius 2 is 2.57 bits per heavy atom. The SMILES string of the molecule is Cc1cc(=O)n(C[C@H]2CCCN2)cn1. The first kappa shape index (κ1) is 9.40. The van der Waals surface area contributed by atoms with E-state index in [2.05, 4.69) is 10.3 Å². The molecule has 0 aliphatic carbocycles. The highest BCUT2D eigenvalue weighted by molar-refractivity contribution is 4.96. The molecule has 0 unspecified atom stereocenters. The average molecular weight is 193 g/mol. The molecule has 4 nitrogen and oxygen atoms in total. The number of aryl methyl sites for hydroxylation is 1. The second-order valence-corrected chi connectivity index (χ2v) is 3.81. The van der Waals surface area contributed by atoms with E-state index in [4.69, 9.17) is 0 Å². The minimum absolute atomic E-state index is 0.0474. The number of nitrogens with one attached hydrogen (secondary N) is 1. The smallest absolute Gasteiger partial charge is 0.253 e. The number of hydrogen-bond donors (Lipinski definition) is 1. The summed E-state index contributed by atoms with van der Waals surface area (Å²) < 4.78 is 1.68. The van der Waals surface area contributed by atoms with Crippen molar-refractivity contribution < 1.29 is 0 Å². The molecular formula is C10H15N3O. The van der Waals surface area contributed by atoms with Gasteiger partial charge in [0.2, 0.25) is 0 Å². The number of nitrogens with zero attached hydrogens (tertiary/aromatic N) is 2. The van der Waals surface area contributed by atoms with Gasteiger partial charge in [0.05, 0.1) is 6.33 Å². The number of aromatic nitrogens is 2. The van der Waals surface area contributed by atoms with E-state index in [1.165, 1.54) is 6.42 Å². The number of hydrogen-bond acceptors (Lipinski definition) is 3. The van der Waals surface area contributed by atoms with Crippen molar-refractivity contribution in [2.75, 3.05) is 6.54 Å². The third-order valence-electron chi connectivity index (χ3n) is 2.60. The Kier molecular flexibility index (Phi) is 2.63. The van der Waals surface area contributed by atoms with Crippen LogP contribution in [0.5, 0.6) is 0 Å². The molecule has 1 aromatic rings. The van der Waals surface area contributed by atoms with Crippen LogP contribution in [0.3, 0.4) is 0 Å². The predicted molar refractivity (Wildman–Crippen MR) is 54.3 cm³/mol. The van der Waals surface area contributed by atoms with Crippen LogP contribution in [0.4, 0.5) is 0 Å². The van der Waals surface area contributed by atoms with E-state index in [-0.39, 0.29) is 5.56 Å². The molecule has 0 radical (unpaired) electrons. The summed E-state index contributed by atoms with van der Waals surface area (Å²) in [7, 11) is 0. The van der Waals surface area contributed by atoms with Crippen LogP contribution in [0.25, 0.3) is 0 Å². The van der Waals surface area contributed by atoms with Crippen molar-refractivity contribution in [3.05, 3.63) is 28.4 Å². The lowest BCUT2D eigenvalue weighted by Gasteiger charge is -2.11. The third kappa shape index (κ3) is 2.01. The first-order valence-corrected chi connectivity index (χ1v) is 5.02. The third-order valence-corrected chi connectivity index (χ3v) is 2.60. The van der Waals surface area contributed by atoms with Gasteiger partial charge in [-0.15, -0.1) is 0 Å². The highest BCUT2D eigenvalue weighted by Gasteiger charge is 2.14. The minimum Gasteiger partial charge on any atom is -0.312 e. The van der Waals surface area contributed by atoms with Crippen molar-refractivity contribution in [2.45, 2.75) is 32.4 Å². The monoisotopic (exact) mass is 193 g/mol. The van der Waals surface area contributed by atoms with Crippen LogP contribution in [0, 0.1) is 6.92 Å². The molecule has 1 N–H and O–H groups in total. The molecule has 76 valence electrons. The predicted octanol–water partition coefficient (Wildman–Crippen LogP) is 0.304. The van der Waals surface area contributed by atoms with Gasteiger partial charge in [-0.05, 0) is 26.3 Å². The molecule has 0 bridgehead atoms. The van der Waals surface area contributed by atoms with Gasteiger partial charge in [0, 0.05) is 24.3 Å². The molecule has 1 saturated heterocycles. The summed E-state index contributed by atoms with van der Waals surface area (Å²) >= 11 is 0. The van der Waals surface area contributed by atoms with Gasteiger partial charge in [-0.1, -0.05) is 0 Å². The van der Waals surface area contributed by atoms with Gasteiger partial charge in [-0.3, -0.25) is 9.36 Å². The zero-order valence-electron chi connectivity index (χ0n) is 8.36. The summed E-state index contributed by atoms with van der Waals surface area (Å²) in [4.78, 5) is 15.6. The fourth-order valence-corrected chi connectivity index (χ4v) is 1.80. The fraction of sp³-hybridized carbons (Fsp3) is 0.600. The molecule has 1 aromatic heterocycles. The van der Waals surface area contributed by atoms with Crippen molar-refractivity contribution in [3.8, 4) is 0 Å². The van der Waals surface area contributed by atoms with Crippen molar-refractivity contribution in [1.29, 1.82) is 0 Å². The molecule has 2 rings (SSSR count). The van der Waals surface area contributed by atoms with E-state index in [9.17, 15) is 4.79 Å². The quantitative estimate of drug-likeness (QED) is 0.735. The topological polar surface area (TPSA) is 46.9 Å². The first-order valence-electron chi connectivity index (χ1n) is 5.02. The Balaban J connectivity index is 2.12. The molecule has 0 aromatic carbocycles. The molecule has 0 amide bonds. The van der Waals surface area contributed by atoms with Gasteiger partial charge in [-0.25, -0.2) is 4.98 Å². The Bertz CT molecular complexity index is 366. The molecule has 1 fully saturated rings. The van der Waals surface area contributed by atoms with Gasteiger partial charge in [0.15, 0.2) is 0 Å². The number of rotatable bonds is 2. The van der Waals surface area contributed by atoms with E-state index >= 15 is 0 Å². The van der Waals surface area contributed by atoms with Crippen molar-refractivity contribution in [3.63, 3.8) is 0 Å². The normalized spacial score (nSPS) is 21.4. The Morgan fingerprint density at radius 1 is 1.71 bits per heavy atom. The van der Waals surface area contributed by atoms with E-state index in [0.29, 0.717) is 6.04 Å². The zero-order valence-corrected chi connectivity index (χ0v) is 8.36. The van der Waals surface area contributed by atoms with E-state index < -0.39 is 0 Å². The van der Waals surface area contributed by atoms with Crippen molar-refractivity contribution in [1.82, 2.24) is 14.9 Å². The van der Waals surface area contributed by atoms with Gasteiger partial charge in [0.25, 0.3) is 5.56 Å². The second kappa shape index (κ2) is 3.92. The molecule has 1 aliphatic rings. The van der Waals surface area contributed by atoms with E-state index in [0.717, 1.165) is 25.2 Å². The maximum Gasteiger partial charge on any atom is 0.253 e. The van der Waals surface area contributed by atoms with Crippen LogP contribution in [0.1, 0.15) is 18.5 Å². The van der Waals surface area contributed by atoms with Gasteiger partial charge in [0.1, 0.15) is 0 Å². The zero-order chi connectivity index (χ0) is 9.97. The molecule has 14 heavy (non-hydrogen) atoms. The van der Waals surface area contributed by atoms with Crippen molar-refractivity contribution >= 4 is 0 Å². The lowest BCUT2D eigenvalue weighted by Crippen LogP contribution is -2.32. The van der Waals surface area contributed by atoms with Crippen LogP contribution in [0.2, 0.25) is 0 Å². The Morgan fingerprint density at radius 3 is 3.21 bits per heavy atom. The molecule has 2 heterocycles.